The van der Waals surface area contributed by atoms with Gasteiger partial charge in [-0.25, -0.2) is 0 Å². The van der Waals surface area contributed by atoms with E-state index in [0.29, 0.717) is 5.41 Å². The van der Waals surface area contributed by atoms with Crippen LogP contribution in [0.15, 0.2) is 0 Å². The Labute approximate surface area is 93.3 Å². The molecule has 2 fully saturated rings. The molecule has 0 aromatic rings. The molecule has 0 radical (unpaired) electrons. The van der Waals surface area contributed by atoms with E-state index in [9.17, 15) is 5.26 Å². The molecule has 1 saturated carbocycles. The molecular weight excluding hydrogens is 184 g/mol. The van der Waals surface area contributed by atoms with Crippen LogP contribution in [0.5, 0.6) is 0 Å². The molecule has 0 N–H and O–H groups in total. The van der Waals surface area contributed by atoms with Crippen molar-refractivity contribution in [2.75, 3.05) is 19.6 Å². The van der Waals surface area contributed by atoms with Crippen molar-refractivity contribution in [1.29, 1.82) is 5.26 Å². The van der Waals surface area contributed by atoms with Gasteiger partial charge in [-0.05, 0) is 44.2 Å². The second kappa shape index (κ2) is 3.79. The van der Waals surface area contributed by atoms with Crippen LogP contribution < -0.4 is 0 Å². The van der Waals surface area contributed by atoms with Gasteiger partial charge >= 0.3 is 0 Å². The second-order valence-electron chi connectivity index (χ2n) is 6.19. The topological polar surface area (TPSA) is 27.0 Å². The molecule has 0 unspecified atom stereocenters. The zero-order chi connectivity index (χ0) is 10.9. The molecule has 0 spiro atoms. The smallest absolute Gasteiger partial charge is 0.0703 e. The fourth-order valence-electron chi connectivity index (χ4n) is 2.65. The second-order valence-corrected chi connectivity index (χ2v) is 6.19. The minimum atomic E-state index is 0.0292. The molecule has 0 aromatic heterocycles. The zero-order valence-electron chi connectivity index (χ0n) is 10.1. The van der Waals surface area contributed by atoms with Crippen LogP contribution in [0.4, 0.5) is 0 Å². The highest BCUT2D eigenvalue weighted by Crippen LogP contribution is 2.42. The first-order valence-corrected chi connectivity index (χ1v) is 6.19. The molecule has 84 valence electrons. The fourth-order valence-corrected chi connectivity index (χ4v) is 2.65. The van der Waals surface area contributed by atoms with Crippen LogP contribution in [0.1, 0.15) is 46.0 Å². The first-order valence-electron chi connectivity index (χ1n) is 6.19. The summed E-state index contributed by atoms with van der Waals surface area (Å²) >= 11 is 0. The maximum atomic E-state index is 9.19. The Morgan fingerprint density at radius 3 is 2.13 bits per heavy atom. The van der Waals surface area contributed by atoms with Crippen LogP contribution in [0, 0.1) is 22.2 Å². The predicted octanol–water partition coefficient (Wildman–Crippen LogP) is 2.80. The van der Waals surface area contributed by atoms with Gasteiger partial charge in [0.1, 0.15) is 0 Å². The monoisotopic (exact) mass is 206 g/mol. The molecule has 0 bridgehead atoms. The molecule has 1 aliphatic heterocycles. The molecular formula is C13H22N2. The Kier molecular flexibility index (Phi) is 2.77. The van der Waals surface area contributed by atoms with E-state index in [1.807, 2.05) is 0 Å². The molecule has 0 atom stereocenters. The SMILES string of the molecule is CC1(C)CCN(CC2(C#N)CCC2)CC1. The van der Waals surface area contributed by atoms with Gasteiger partial charge < -0.3 is 4.90 Å². The van der Waals surface area contributed by atoms with E-state index in [1.165, 1.54) is 32.4 Å². The van der Waals surface area contributed by atoms with Crippen molar-refractivity contribution in [2.24, 2.45) is 10.8 Å². The van der Waals surface area contributed by atoms with E-state index in [0.717, 1.165) is 19.4 Å². The van der Waals surface area contributed by atoms with E-state index in [-0.39, 0.29) is 5.41 Å². The van der Waals surface area contributed by atoms with Gasteiger partial charge in [0, 0.05) is 6.54 Å². The predicted molar refractivity (Wildman–Crippen MR) is 61.4 cm³/mol. The highest BCUT2D eigenvalue weighted by molar-refractivity contribution is 5.06. The lowest BCUT2D eigenvalue weighted by atomic mass is 9.69. The fraction of sp³-hybridized carbons (Fsp3) is 0.923. The standard InChI is InChI=1S/C13H22N2/c1-12(2)6-8-15(9-7-12)11-13(10-14)4-3-5-13/h3-9,11H2,1-2H3. The molecule has 0 aromatic carbocycles. The molecule has 1 aliphatic carbocycles. The van der Waals surface area contributed by atoms with Gasteiger partial charge in [-0.2, -0.15) is 5.26 Å². The molecule has 1 heterocycles. The molecule has 2 rings (SSSR count). The molecule has 15 heavy (non-hydrogen) atoms. The first kappa shape index (κ1) is 11.0. The van der Waals surface area contributed by atoms with Crippen LogP contribution >= 0.6 is 0 Å². The number of rotatable bonds is 2. The van der Waals surface area contributed by atoms with Crippen LogP contribution in [0.25, 0.3) is 0 Å². The van der Waals surface area contributed by atoms with Crippen molar-refractivity contribution in [3.63, 3.8) is 0 Å². The summed E-state index contributed by atoms with van der Waals surface area (Å²) in [6.45, 7) is 8.12. The average Bonchev–Trinajstić information content (AvgIpc) is 2.14. The van der Waals surface area contributed by atoms with Gasteiger partial charge in [-0.15, -0.1) is 0 Å². The Morgan fingerprint density at radius 1 is 1.13 bits per heavy atom. The number of hydrogen-bond acceptors (Lipinski definition) is 2. The van der Waals surface area contributed by atoms with E-state index < -0.39 is 0 Å². The van der Waals surface area contributed by atoms with Crippen LogP contribution in [0.2, 0.25) is 0 Å². The largest absolute Gasteiger partial charge is 0.302 e. The first-order chi connectivity index (χ1) is 7.05. The van der Waals surface area contributed by atoms with Gasteiger partial charge in [0.25, 0.3) is 0 Å². The van der Waals surface area contributed by atoms with Gasteiger partial charge in [0.2, 0.25) is 0 Å². The Balaban J connectivity index is 1.85. The van der Waals surface area contributed by atoms with Crippen LogP contribution in [-0.4, -0.2) is 24.5 Å². The summed E-state index contributed by atoms with van der Waals surface area (Å²) in [5, 5.41) is 9.19. The molecule has 2 nitrogen and oxygen atoms in total. The van der Waals surface area contributed by atoms with Gasteiger partial charge in [-0.3, -0.25) is 0 Å². The zero-order valence-corrected chi connectivity index (χ0v) is 10.1. The van der Waals surface area contributed by atoms with Crippen molar-refractivity contribution in [2.45, 2.75) is 46.0 Å². The van der Waals surface area contributed by atoms with Crippen molar-refractivity contribution in [3.8, 4) is 6.07 Å². The van der Waals surface area contributed by atoms with Crippen molar-refractivity contribution in [1.82, 2.24) is 4.90 Å². The van der Waals surface area contributed by atoms with Crippen molar-refractivity contribution >= 4 is 0 Å². The molecule has 2 heteroatoms. The summed E-state index contributed by atoms with van der Waals surface area (Å²) in [4.78, 5) is 2.51. The number of piperidine rings is 1. The molecule has 1 saturated heterocycles. The summed E-state index contributed by atoms with van der Waals surface area (Å²) in [5.74, 6) is 0. The van der Waals surface area contributed by atoms with Crippen LogP contribution in [-0.2, 0) is 0 Å². The van der Waals surface area contributed by atoms with Gasteiger partial charge in [0.15, 0.2) is 0 Å². The lowest BCUT2D eigenvalue weighted by molar-refractivity contribution is 0.0696. The van der Waals surface area contributed by atoms with E-state index in [4.69, 9.17) is 0 Å². The van der Waals surface area contributed by atoms with E-state index >= 15 is 0 Å². The van der Waals surface area contributed by atoms with Crippen molar-refractivity contribution < 1.29 is 0 Å². The Morgan fingerprint density at radius 2 is 1.73 bits per heavy atom. The summed E-state index contributed by atoms with van der Waals surface area (Å²) in [6, 6.07) is 2.54. The summed E-state index contributed by atoms with van der Waals surface area (Å²) in [6.07, 6.45) is 6.09. The summed E-state index contributed by atoms with van der Waals surface area (Å²) in [5.41, 5.74) is 0.553. The summed E-state index contributed by atoms with van der Waals surface area (Å²) < 4.78 is 0. The Hall–Kier alpha value is -0.550. The maximum Gasteiger partial charge on any atom is 0.0703 e. The highest BCUT2D eigenvalue weighted by atomic mass is 15.1. The lowest BCUT2D eigenvalue weighted by Crippen LogP contribution is -2.46. The third-order valence-corrected chi connectivity index (χ3v) is 4.28. The van der Waals surface area contributed by atoms with Gasteiger partial charge in [-0.1, -0.05) is 20.3 Å². The maximum absolute atomic E-state index is 9.19. The minimum Gasteiger partial charge on any atom is -0.302 e. The highest BCUT2D eigenvalue weighted by Gasteiger charge is 2.39. The van der Waals surface area contributed by atoms with Crippen LogP contribution in [0.3, 0.4) is 0 Å². The normalized spacial score (nSPS) is 29.1. The minimum absolute atomic E-state index is 0.0292. The number of nitrogens with zero attached hydrogens (tertiary/aromatic N) is 2. The van der Waals surface area contributed by atoms with E-state index in [2.05, 4.69) is 24.8 Å². The van der Waals surface area contributed by atoms with Crippen molar-refractivity contribution in [3.05, 3.63) is 0 Å². The Bertz CT molecular complexity index is 261. The summed E-state index contributed by atoms with van der Waals surface area (Å²) in [7, 11) is 0. The molecule has 2 aliphatic rings. The third-order valence-electron chi connectivity index (χ3n) is 4.28. The number of nitriles is 1. The lowest BCUT2D eigenvalue weighted by Gasteiger charge is -2.43. The quantitative estimate of drug-likeness (QED) is 0.694. The van der Waals surface area contributed by atoms with E-state index in [1.54, 1.807) is 0 Å². The third kappa shape index (κ3) is 2.34. The number of hydrogen-bond donors (Lipinski definition) is 0. The van der Waals surface area contributed by atoms with Gasteiger partial charge in [0.05, 0.1) is 11.5 Å². The number of likely N-dealkylation sites (tertiary alicyclic amines) is 1. The average molecular weight is 206 g/mol. The molecule has 0 amide bonds.